The molecule has 1 heterocycles. The number of carbonyl (C=O) groups excluding carboxylic acids is 1. The summed E-state index contributed by atoms with van der Waals surface area (Å²) < 4.78 is 28.8. The van der Waals surface area contributed by atoms with Crippen LogP contribution in [0.1, 0.15) is 30.9 Å². The molecule has 0 radical (unpaired) electrons. The van der Waals surface area contributed by atoms with E-state index < -0.39 is 29.3 Å². The Morgan fingerprint density at radius 2 is 2.03 bits per heavy atom. The maximum Gasteiger partial charge on any atom is 0.343 e. The highest BCUT2D eigenvalue weighted by Crippen LogP contribution is 2.51. The first kappa shape index (κ1) is 26.9. The molecule has 1 aliphatic heterocycles. The molecule has 2 aromatic carbocycles. The van der Waals surface area contributed by atoms with E-state index in [9.17, 15) is 18.7 Å². The number of hydrogen-bond donors (Lipinski definition) is 2. The minimum absolute atomic E-state index is 0.0504. The first-order valence-corrected chi connectivity index (χ1v) is 12.0. The van der Waals surface area contributed by atoms with Crippen molar-refractivity contribution in [3.8, 4) is 6.19 Å². The Morgan fingerprint density at radius 1 is 1.31 bits per heavy atom. The van der Waals surface area contributed by atoms with Gasteiger partial charge >= 0.3 is 6.03 Å². The maximum absolute atomic E-state index is 14.7. The Balaban J connectivity index is 2.07. The third kappa shape index (κ3) is 5.58. The van der Waals surface area contributed by atoms with E-state index in [2.05, 4.69) is 10.1 Å². The fourth-order valence-corrected chi connectivity index (χ4v) is 5.19. The second-order valence-corrected chi connectivity index (χ2v) is 9.23. The normalized spacial score (nSPS) is 17.5. The van der Waals surface area contributed by atoms with Crippen LogP contribution in [0.2, 0.25) is 0 Å². The number of amides is 2. The number of nitrogens with zero attached hydrogens (tertiary/aromatic N) is 6. The third-order valence-corrected chi connectivity index (χ3v) is 7.20. The summed E-state index contributed by atoms with van der Waals surface area (Å²) in [6.07, 6.45) is 2.46. The van der Waals surface area contributed by atoms with Gasteiger partial charge in [-0.3, -0.25) is 0 Å². The van der Waals surface area contributed by atoms with Crippen LogP contribution in [0.4, 0.5) is 13.6 Å². The molecule has 9 nitrogen and oxygen atoms in total. The molecule has 0 aliphatic carbocycles. The molecular formula is C24H27F2N7O2S. The van der Waals surface area contributed by atoms with Gasteiger partial charge in [-0.2, -0.15) is 15.4 Å². The van der Waals surface area contributed by atoms with Gasteiger partial charge in [0.2, 0.25) is 12.2 Å². The number of aliphatic hydroxyl groups excluding tert-OH is 1. The number of hydrogen-bond acceptors (Lipinski definition) is 6. The molecule has 36 heavy (non-hydrogen) atoms. The molecule has 2 amide bonds. The second-order valence-electron chi connectivity index (χ2n) is 7.97. The van der Waals surface area contributed by atoms with Crippen molar-refractivity contribution in [2.24, 2.45) is 15.8 Å². The first-order valence-electron chi connectivity index (χ1n) is 11.2. The zero-order valence-corrected chi connectivity index (χ0v) is 20.8. The first-order chi connectivity index (χ1) is 17.3. The van der Waals surface area contributed by atoms with Crippen molar-refractivity contribution >= 4 is 28.8 Å². The van der Waals surface area contributed by atoms with Crippen molar-refractivity contribution < 1.29 is 18.7 Å². The smallest absolute Gasteiger partial charge is 0.343 e. The van der Waals surface area contributed by atoms with E-state index in [-0.39, 0.29) is 23.1 Å². The van der Waals surface area contributed by atoms with Crippen LogP contribution in [0.5, 0.6) is 0 Å². The number of benzene rings is 2. The summed E-state index contributed by atoms with van der Waals surface area (Å²) >= 11 is 1.14. The van der Waals surface area contributed by atoms with E-state index in [1.54, 1.807) is 25.1 Å². The van der Waals surface area contributed by atoms with Gasteiger partial charge in [-0.15, -0.1) is 4.99 Å². The standard InChI is InChI=1S/C24H27F2N7O2S/c1-3-32(16-34)23(35)33-24(17-8-5-4-6-9-17,12-7-13-31(2)22(28)29-15-27)36-21(30-33)19-14-18(25)10-11-20(19)26/h4-6,8-11,14,34H,3,7,12-13,16H2,1-2H3,(H2,28,29). The zero-order valence-electron chi connectivity index (χ0n) is 19.9. The van der Waals surface area contributed by atoms with Gasteiger partial charge < -0.3 is 20.6 Å². The number of halogens is 2. The van der Waals surface area contributed by atoms with E-state index in [1.807, 2.05) is 30.3 Å². The van der Waals surface area contributed by atoms with Crippen molar-refractivity contribution in [3.63, 3.8) is 0 Å². The Morgan fingerprint density at radius 3 is 2.67 bits per heavy atom. The van der Waals surface area contributed by atoms with Gasteiger partial charge in [-0.05, 0) is 43.5 Å². The highest BCUT2D eigenvalue weighted by molar-refractivity contribution is 8.15. The lowest BCUT2D eigenvalue weighted by Gasteiger charge is -2.38. The number of aliphatic hydroxyl groups is 1. The van der Waals surface area contributed by atoms with Crippen molar-refractivity contribution in [1.29, 1.82) is 5.26 Å². The molecule has 0 spiro atoms. The molecule has 0 aromatic heterocycles. The van der Waals surface area contributed by atoms with Gasteiger partial charge in [0, 0.05) is 25.7 Å². The molecule has 0 bridgehead atoms. The van der Waals surface area contributed by atoms with Crippen molar-refractivity contribution in [2.45, 2.75) is 24.6 Å². The highest BCUT2D eigenvalue weighted by Gasteiger charge is 2.49. The molecule has 12 heteroatoms. The Bertz CT molecular complexity index is 1180. The van der Waals surface area contributed by atoms with Crippen molar-refractivity contribution in [3.05, 3.63) is 71.3 Å². The zero-order chi connectivity index (χ0) is 26.3. The van der Waals surface area contributed by atoms with Gasteiger partial charge in [0.05, 0.1) is 0 Å². The SMILES string of the molecule is CCN(CO)C(=O)N1N=C(c2cc(F)ccc2F)SC1(CCCN(C)C(N)=NC#N)c1ccccc1. The predicted molar refractivity (Wildman–Crippen MR) is 134 cm³/mol. The predicted octanol–water partition coefficient (Wildman–Crippen LogP) is 3.43. The Kier molecular flexibility index (Phi) is 8.84. The summed E-state index contributed by atoms with van der Waals surface area (Å²) in [6.45, 7) is 1.79. The summed E-state index contributed by atoms with van der Waals surface area (Å²) in [5.74, 6) is -1.26. The van der Waals surface area contributed by atoms with E-state index in [0.717, 1.165) is 30.0 Å². The van der Waals surface area contributed by atoms with E-state index >= 15 is 0 Å². The van der Waals surface area contributed by atoms with E-state index in [0.29, 0.717) is 24.9 Å². The van der Waals surface area contributed by atoms with Crippen molar-refractivity contribution in [1.82, 2.24) is 14.8 Å². The van der Waals surface area contributed by atoms with Crippen LogP contribution in [-0.4, -0.2) is 63.8 Å². The lowest BCUT2D eigenvalue weighted by molar-refractivity contribution is 0.0818. The van der Waals surface area contributed by atoms with Gasteiger partial charge in [0.1, 0.15) is 28.3 Å². The van der Waals surface area contributed by atoms with Gasteiger partial charge in [-0.1, -0.05) is 42.1 Å². The molecule has 3 N–H and O–H groups in total. The largest absolute Gasteiger partial charge is 0.376 e. The van der Waals surface area contributed by atoms with Gasteiger partial charge in [-0.25, -0.2) is 13.6 Å². The fourth-order valence-electron chi connectivity index (χ4n) is 3.78. The van der Waals surface area contributed by atoms with Crippen LogP contribution < -0.4 is 5.73 Å². The summed E-state index contributed by atoms with van der Waals surface area (Å²) in [7, 11) is 1.69. The molecular weight excluding hydrogens is 488 g/mol. The monoisotopic (exact) mass is 515 g/mol. The lowest BCUT2D eigenvalue weighted by atomic mass is 10.00. The van der Waals surface area contributed by atoms with Crippen LogP contribution in [-0.2, 0) is 4.87 Å². The number of rotatable bonds is 8. The minimum Gasteiger partial charge on any atom is -0.376 e. The molecule has 0 saturated heterocycles. The van der Waals surface area contributed by atoms with Crippen LogP contribution >= 0.6 is 11.8 Å². The highest BCUT2D eigenvalue weighted by atomic mass is 32.2. The number of nitrogens with two attached hydrogens (primary N) is 1. The molecule has 190 valence electrons. The Hall–Kier alpha value is -3.69. The van der Waals surface area contributed by atoms with Crippen LogP contribution in [0, 0.1) is 23.1 Å². The van der Waals surface area contributed by atoms with Crippen molar-refractivity contribution in [2.75, 3.05) is 26.9 Å². The molecule has 0 saturated carbocycles. The number of guanidine groups is 1. The summed E-state index contributed by atoms with van der Waals surface area (Å²) in [4.78, 5) is 18.7. The topological polar surface area (TPSA) is 122 Å². The molecule has 2 aromatic rings. The minimum atomic E-state index is -1.13. The number of nitriles is 1. The summed E-state index contributed by atoms with van der Waals surface area (Å²) in [6, 6.07) is 11.6. The fraction of sp³-hybridized carbons (Fsp3) is 0.333. The molecule has 1 aliphatic rings. The van der Waals surface area contributed by atoms with Crippen LogP contribution in [0.25, 0.3) is 0 Å². The maximum atomic E-state index is 14.7. The van der Waals surface area contributed by atoms with Gasteiger partial charge in [0.15, 0.2) is 0 Å². The number of urea groups is 1. The van der Waals surface area contributed by atoms with Gasteiger partial charge in [0.25, 0.3) is 0 Å². The number of aliphatic imine (C=N–C) groups is 1. The summed E-state index contributed by atoms with van der Waals surface area (Å²) in [5.41, 5.74) is 6.45. The molecule has 1 unspecified atom stereocenters. The molecule has 1 atom stereocenters. The van der Waals surface area contributed by atoms with Crippen LogP contribution in [0.3, 0.4) is 0 Å². The second kappa shape index (κ2) is 11.8. The quantitative estimate of drug-likeness (QED) is 0.240. The summed E-state index contributed by atoms with van der Waals surface area (Å²) in [5, 5.41) is 24.4. The average Bonchev–Trinajstić information content (AvgIpc) is 3.27. The van der Waals surface area contributed by atoms with Crippen LogP contribution in [0.15, 0.2) is 58.6 Å². The third-order valence-electron chi connectivity index (χ3n) is 5.75. The lowest BCUT2D eigenvalue weighted by Crippen LogP contribution is -2.49. The Labute approximate surface area is 212 Å². The van der Waals surface area contributed by atoms with E-state index in [1.165, 1.54) is 9.91 Å². The number of hydrazone groups is 1. The van der Waals surface area contributed by atoms with E-state index in [4.69, 9.17) is 11.0 Å². The molecule has 0 fully saturated rings. The number of carbonyl (C=O) groups is 1. The average molecular weight is 516 g/mol. The number of thioether (sulfide) groups is 1. The molecule has 3 rings (SSSR count).